The highest BCUT2D eigenvalue weighted by Crippen LogP contribution is 2.30. The highest BCUT2D eigenvalue weighted by atomic mass is 19.1. The van der Waals surface area contributed by atoms with E-state index in [9.17, 15) is 9.18 Å². The molecule has 1 unspecified atom stereocenters. The van der Waals surface area contributed by atoms with E-state index >= 15 is 0 Å². The van der Waals surface area contributed by atoms with Gasteiger partial charge >= 0.3 is 0 Å². The molecule has 0 bridgehead atoms. The van der Waals surface area contributed by atoms with E-state index in [0.29, 0.717) is 5.56 Å². The Hall–Kier alpha value is -4.00. The molecule has 5 aromatic rings. The minimum atomic E-state index is -0.246. The van der Waals surface area contributed by atoms with Crippen LogP contribution in [0.2, 0.25) is 0 Å². The summed E-state index contributed by atoms with van der Waals surface area (Å²) in [5, 5.41) is 12.7. The third-order valence-corrected chi connectivity index (χ3v) is 5.90. The molecule has 5 rings (SSSR count). The number of rotatable bonds is 4. The lowest BCUT2D eigenvalue weighted by molar-refractivity contribution is 0.599. The third-order valence-electron chi connectivity index (χ3n) is 5.90. The van der Waals surface area contributed by atoms with E-state index < -0.39 is 0 Å². The molecule has 1 N–H and O–H groups in total. The molecular weight excluding hydrogens is 405 g/mol. The molecule has 0 amide bonds. The predicted molar refractivity (Wildman–Crippen MR) is 123 cm³/mol. The van der Waals surface area contributed by atoms with Crippen molar-refractivity contribution >= 4 is 10.9 Å². The van der Waals surface area contributed by atoms with Crippen molar-refractivity contribution in [1.29, 1.82) is 0 Å². The Balaban J connectivity index is 1.52. The Morgan fingerprint density at radius 2 is 1.84 bits per heavy atom. The Morgan fingerprint density at radius 1 is 1.03 bits per heavy atom. The van der Waals surface area contributed by atoms with Gasteiger partial charge in [-0.15, -0.1) is 0 Å². The quantitative estimate of drug-likeness (QED) is 0.446. The summed E-state index contributed by atoms with van der Waals surface area (Å²) >= 11 is 0. The Bertz CT molecular complexity index is 1510. The molecule has 0 saturated carbocycles. The number of hydrogen-bond acceptors (Lipinski definition) is 3. The second-order valence-electron chi connectivity index (χ2n) is 8.08. The summed E-state index contributed by atoms with van der Waals surface area (Å²) in [6.07, 6.45) is 5.49. The van der Waals surface area contributed by atoms with Crippen molar-refractivity contribution in [3.63, 3.8) is 0 Å². The Morgan fingerprint density at radius 3 is 2.56 bits per heavy atom. The van der Waals surface area contributed by atoms with Crippen LogP contribution in [0, 0.1) is 12.7 Å². The van der Waals surface area contributed by atoms with E-state index in [1.54, 1.807) is 46.8 Å². The minimum Gasteiger partial charge on any atom is -0.308 e. The van der Waals surface area contributed by atoms with E-state index in [2.05, 4.69) is 15.3 Å². The fraction of sp³-hybridized carbons (Fsp3) is 0.160. The van der Waals surface area contributed by atoms with Crippen molar-refractivity contribution in [2.75, 3.05) is 0 Å². The molecule has 160 valence electrons. The molecule has 0 saturated heterocycles. The molecule has 2 aromatic carbocycles. The van der Waals surface area contributed by atoms with Crippen molar-refractivity contribution in [3.8, 4) is 22.4 Å². The second-order valence-corrected chi connectivity index (χ2v) is 8.08. The van der Waals surface area contributed by atoms with Gasteiger partial charge in [-0.05, 0) is 60.4 Å². The number of pyridine rings is 1. The summed E-state index contributed by atoms with van der Waals surface area (Å²) in [7, 11) is 1.87. The van der Waals surface area contributed by atoms with Crippen LogP contribution in [0.3, 0.4) is 0 Å². The van der Waals surface area contributed by atoms with Gasteiger partial charge in [0.05, 0.1) is 17.8 Å². The molecule has 0 fully saturated rings. The van der Waals surface area contributed by atoms with E-state index in [1.165, 1.54) is 6.07 Å². The van der Waals surface area contributed by atoms with Crippen LogP contribution in [-0.4, -0.2) is 24.5 Å². The van der Waals surface area contributed by atoms with Crippen molar-refractivity contribution in [2.45, 2.75) is 19.9 Å². The van der Waals surface area contributed by atoms with Gasteiger partial charge in [0.25, 0.3) is 5.56 Å². The lowest BCUT2D eigenvalue weighted by Crippen LogP contribution is -2.22. The largest absolute Gasteiger partial charge is 0.308 e. The van der Waals surface area contributed by atoms with E-state index in [0.717, 1.165) is 38.9 Å². The van der Waals surface area contributed by atoms with Crippen LogP contribution in [-0.2, 0) is 7.05 Å². The normalized spacial score (nSPS) is 12.4. The van der Waals surface area contributed by atoms with Gasteiger partial charge in [-0.25, -0.2) is 4.39 Å². The van der Waals surface area contributed by atoms with Gasteiger partial charge in [0, 0.05) is 36.5 Å². The van der Waals surface area contributed by atoms with Crippen LogP contribution in [0.25, 0.3) is 33.3 Å². The van der Waals surface area contributed by atoms with Gasteiger partial charge in [-0.1, -0.05) is 18.2 Å². The van der Waals surface area contributed by atoms with Crippen LogP contribution in [0.5, 0.6) is 0 Å². The molecule has 0 aliphatic carbocycles. The molecule has 3 heterocycles. The molecule has 1 atom stereocenters. The summed E-state index contributed by atoms with van der Waals surface area (Å²) in [6.45, 7) is 3.66. The van der Waals surface area contributed by atoms with Crippen LogP contribution >= 0.6 is 0 Å². The maximum absolute atomic E-state index is 13.6. The molecule has 6 nitrogen and oxygen atoms in total. The lowest BCUT2D eigenvalue weighted by Gasteiger charge is -2.17. The maximum atomic E-state index is 13.6. The summed E-state index contributed by atoms with van der Waals surface area (Å²) < 4.78 is 17.0. The number of aromatic nitrogens is 5. The second kappa shape index (κ2) is 7.60. The summed E-state index contributed by atoms with van der Waals surface area (Å²) in [5.41, 5.74) is 5.76. The standard InChI is InChI=1S/C25H22FN5O/c1-15-10-17(4-6-22(15)26)16(2)31-9-8-19(12-24(31)32)18-5-7-23-21(11-18)25(29-28-23)20-13-27-30(3)14-20/h4-14,16H,1-3H3,(H,28,29). The Kier molecular flexibility index (Phi) is 4.74. The van der Waals surface area contributed by atoms with E-state index in [1.807, 2.05) is 44.4 Å². The first-order chi connectivity index (χ1) is 15.4. The molecule has 0 spiro atoms. The minimum absolute atomic E-state index is 0.114. The number of halogens is 1. The molecule has 32 heavy (non-hydrogen) atoms. The zero-order valence-electron chi connectivity index (χ0n) is 18.0. The monoisotopic (exact) mass is 427 g/mol. The number of benzene rings is 2. The van der Waals surface area contributed by atoms with Crippen molar-refractivity contribution in [3.05, 3.63) is 94.4 Å². The van der Waals surface area contributed by atoms with Gasteiger partial charge in [0.15, 0.2) is 0 Å². The average Bonchev–Trinajstić information content (AvgIpc) is 3.40. The zero-order valence-corrected chi connectivity index (χ0v) is 18.0. The summed E-state index contributed by atoms with van der Waals surface area (Å²) in [6, 6.07) is 14.3. The van der Waals surface area contributed by atoms with Gasteiger partial charge in [0.2, 0.25) is 0 Å². The van der Waals surface area contributed by atoms with Crippen LogP contribution in [0.4, 0.5) is 4.39 Å². The van der Waals surface area contributed by atoms with Gasteiger partial charge < -0.3 is 4.57 Å². The molecule has 0 radical (unpaired) electrons. The van der Waals surface area contributed by atoms with Gasteiger partial charge in [-0.3, -0.25) is 14.6 Å². The fourth-order valence-electron chi connectivity index (χ4n) is 4.03. The maximum Gasteiger partial charge on any atom is 0.251 e. The summed E-state index contributed by atoms with van der Waals surface area (Å²) in [4.78, 5) is 12.9. The average molecular weight is 427 g/mol. The van der Waals surface area contributed by atoms with Crippen LogP contribution in [0.1, 0.15) is 24.1 Å². The highest BCUT2D eigenvalue weighted by molar-refractivity contribution is 5.95. The molecule has 7 heteroatoms. The van der Waals surface area contributed by atoms with E-state index in [-0.39, 0.29) is 17.4 Å². The van der Waals surface area contributed by atoms with Crippen molar-refractivity contribution in [2.24, 2.45) is 7.05 Å². The number of H-pyrrole nitrogens is 1. The van der Waals surface area contributed by atoms with Crippen LogP contribution in [0.15, 0.2) is 71.9 Å². The number of nitrogens with zero attached hydrogens (tertiary/aromatic N) is 4. The first kappa shape index (κ1) is 19.9. The number of aromatic amines is 1. The Labute approximate surface area is 184 Å². The zero-order chi connectivity index (χ0) is 22.4. The first-order valence-corrected chi connectivity index (χ1v) is 10.4. The number of hydrogen-bond donors (Lipinski definition) is 1. The molecular formula is C25H22FN5O. The highest BCUT2D eigenvalue weighted by Gasteiger charge is 2.14. The molecule has 0 aliphatic heterocycles. The number of aryl methyl sites for hydroxylation is 2. The molecule has 3 aromatic heterocycles. The van der Waals surface area contributed by atoms with E-state index in [4.69, 9.17) is 0 Å². The SMILES string of the molecule is Cc1cc(C(C)n2ccc(-c3ccc4[nH]nc(-c5cnn(C)c5)c4c3)cc2=O)ccc1F. The van der Waals surface area contributed by atoms with Gasteiger partial charge in [0.1, 0.15) is 11.5 Å². The van der Waals surface area contributed by atoms with Gasteiger partial charge in [-0.2, -0.15) is 10.2 Å². The lowest BCUT2D eigenvalue weighted by atomic mass is 10.0. The number of nitrogens with one attached hydrogen (secondary N) is 1. The van der Waals surface area contributed by atoms with Crippen molar-refractivity contribution in [1.82, 2.24) is 24.5 Å². The summed E-state index contributed by atoms with van der Waals surface area (Å²) in [5.74, 6) is -0.246. The molecule has 0 aliphatic rings. The topological polar surface area (TPSA) is 68.5 Å². The third kappa shape index (κ3) is 3.41. The fourth-order valence-corrected chi connectivity index (χ4v) is 4.03. The smallest absolute Gasteiger partial charge is 0.251 e. The first-order valence-electron chi connectivity index (χ1n) is 10.4. The predicted octanol–water partition coefficient (Wildman–Crippen LogP) is 4.85. The van der Waals surface area contributed by atoms with Crippen molar-refractivity contribution < 1.29 is 4.39 Å². The number of fused-ring (bicyclic) bond motifs is 1. The van der Waals surface area contributed by atoms with Crippen LogP contribution < -0.4 is 5.56 Å².